The number of anilines is 1. The van der Waals surface area contributed by atoms with Gasteiger partial charge in [-0.15, -0.1) is 11.3 Å². The fourth-order valence-electron chi connectivity index (χ4n) is 2.78. The highest BCUT2D eigenvalue weighted by molar-refractivity contribution is 7.23. The number of carbonyl (C=O) groups excluding carboxylic acids is 1. The molecule has 1 aromatic carbocycles. The molecule has 9 heteroatoms. The average Bonchev–Trinajstić information content (AvgIpc) is 3.30. The summed E-state index contributed by atoms with van der Waals surface area (Å²) in [6.45, 7) is 1.42. The van der Waals surface area contributed by atoms with Crippen molar-refractivity contribution in [3.8, 4) is 11.5 Å². The molecule has 0 aliphatic rings. The van der Waals surface area contributed by atoms with Crippen LogP contribution in [-0.4, -0.2) is 57.2 Å². The number of thiophene rings is 1. The van der Waals surface area contributed by atoms with E-state index in [9.17, 15) is 4.79 Å². The zero-order chi connectivity index (χ0) is 20.3. The Labute approximate surface area is 177 Å². The lowest BCUT2D eigenvalue weighted by Gasteiger charge is -2.20. The van der Waals surface area contributed by atoms with E-state index in [1.54, 1.807) is 31.3 Å². The number of benzene rings is 1. The Morgan fingerprint density at radius 2 is 1.79 bits per heavy atom. The molecule has 2 heterocycles. The summed E-state index contributed by atoms with van der Waals surface area (Å²) >= 11 is 8.73. The third-order valence-electron chi connectivity index (χ3n) is 4.15. The van der Waals surface area contributed by atoms with Gasteiger partial charge < -0.3 is 14.4 Å². The van der Waals surface area contributed by atoms with Crippen molar-refractivity contribution in [1.29, 1.82) is 0 Å². The second kappa shape index (κ2) is 9.09. The Morgan fingerprint density at radius 1 is 1.07 bits per heavy atom. The van der Waals surface area contributed by atoms with Gasteiger partial charge in [0.2, 0.25) is 0 Å². The minimum Gasteiger partial charge on any atom is -0.495 e. The molecule has 6 nitrogen and oxygen atoms in total. The Bertz CT molecular complexity index is 930. The van der Waals surface area contributed by atoms with Gasteiger partial charge in [-0.2, -0.15) is 0 Å². The zero-order valence-electron chi connectivity index (χ0n) is 16.2. The van der Waals surface area contributed by atoms with Crippen LogP contribution in [0.3, 0.4) is 0 Å². The first-order valence-electron chi connectivity index (χ1n) is 8.68. The Hall–Kier alpha value is -1.87. The number of halogens is 1. The second-order valence-corrected chi connectivity index (χ2v) is 9.05. The van der Waals surface area contributed by atoms with Crippen LogP contribution in [0.5, 0.6) is 11.5 Å². The van der Waals surface area contributed by atoms with Gasteiger partial charge >= 0.3 is 0 Å². The van der Waals surface area contributed by atoms with E-state index in [1.807, 2.05) is 26.2 Å². The maximum Gasteiger partial charge on any atom is 0.270 e. The predicted octanol–water partition coefficient (Wildman–Crippen LogP) is 4.63. The first-order valence-corrected chi connectivity index (χ1v) is 10.7. The van der Waals surface area contributed by atoms with Crippen LogP contribution >= 0.6 is 34.3 Å². The van der Waals surface area contributed by atoms with Crippen molar-refractivity contribution < 1.29 is 14.3 Å². The van der Waals surface area contributed by atoms with Crippen LogP contribution in [0, 0.1) is 0 Å². The summed E-state index contributed by atoms with van der Waals surface area (Å²) in [4.78, 5) is 22.3. The van der Waals surface area contributed by atoms with Gasteiger partial charge in [0, 0.05) is 6.54 Å². The molecule has 0 N–H and O–H groups in total. The van der Waals surface area contributed by atoms with Crippen molar-refractivity contribution in [3.63, 3.8) is 0 Å². The zero-order valence-corrected chi connectivity index (χ0v) is 18.6. The Kier molecular flexibility index (Phi) is 6.77. The van der Waals surface area contributed by atoms with Gasteiger partial charge in [-0.3, -0.25) is 9.69 Å². The number of ether oxygens (including phenoxy) is 2. The molecular weight excluding hydrogens is 418 g/mol. The maximum absolute atomic E-state index is 13.2. The SMILES string of the molecule is COc1ccc(OC)c2sc(N(CCCN(C)C)C(=O)c3ccc(Cl)s3)nc12. The molecule has 0 unspecified atom stereocenters. The third kappa shape index (κ3) is 4.41. The lowest BCUT2D eigenvalue weighted by atomic mass is 10.3. The second-order valence-electron chi connectivity index (χ2n) is 6.36. The van der Waals surface area contributed by atoms with Crippen molar-refractivity contribution in [2.75, 3.05) is 46.3 Å². The number of hydrogen-bond acceptors (Lipinski definition) is 7. The van der Waals surface area contributed by atoms with Gasteiger partial charge in [-0.05, 0) is 51.3 Å². The summed E-state index contributed by atoms with van der Waals surface area (Å²) in [5.74, 6) is 1.25. The topological polar surface area (TPSA) is 54.9 Å². The molecule has 3 rings (SSSR count). The van der Waals surface area contributed by atoms with Gasteiger partial charge in [0.05, 0.1) is 23.4 Å². The lowest BCUT2D eigenvalue weighted by Crippen LogP contribution is -2.32. The number of hydrogen-bond donors (Lipinski definition) is 0. The van der Waals surface area contributed by atoms with E-state index in [2.05, 4.69) is 4.90 Å². The van der Waals surface area contributed by atoms with Crippen molar-refractivity contribution in [3.05, 3.63) is 33.5 Å². The molecular formula is C19H22ClN3O3S2. The fraction of sp³-hybridized carbons (Fsp3) is 0.368. The van der Waals surface area contributed by atoms with Crippen LogP contribution in [0.4, 0.5) is 5.13 Å². The summed E-state index contributed by atoms with van der Waals surface area (Å²) < 4.78 is 12.4. The Balaban J connectivity index is 2.02. The smallest absolute Gasteiger partial charge is 0.270 e. The van der Waals surface area contributed by atoms with Gasteiger partial charge in [0.25, 0.3) is 5.91 Å². The van der Waals surface area contributed by atoms with Crippen LogP contribution in [-0.2, 0) is 0 Å². The lowest BCUT2D eigenvalue weighted by molar-refractivity contribution is 0.0990. The van der Waals surface area contributed by atoms with Crippen molar-refractivity contribution >= 4 is 55.5 Å². The number of aromatic nitrogens is 1. The summed E-state index contributed by atoms with van der Waals surface area (Å²) in [7, 11) is 7.25. The molecule has 0 spiro atoms. The molecule has 0 saturated heterocycles. The molecule has 3 aromatic rings. The molecule has 0 radical (unpaired) electrons. The van der Waals surface area contributed by atoms with Crippen LogP contribution in [0.1, 0.15) is 16.1 Å². The normalized spacial score (nSPS) is 11.2. The first kappa shape index (κ1) is 20.9. The number of thiazole rings is 1. The van der Waals surface area contributed by atoms with Gasteiger partial charge in [0.1, 0.15) is 21.7 Å². The molecule has 0 aliphatic carbocycles. The van der Waals surface area contributed by atoms with Gasteiger partial charge in [-0.25, -0.2) is 4.98 Å². The first-order chi connectivity index (χ1) is 13.4. The van der Waals surface area contributed by atoms with Gasteiger partial charge in [0.15, 0.2) is 5.13 Å². The van der Waals surface area contributed by atoms with E-state index >= 15 is 0 Å². The highest BCUT2D eigenvalue weighted by atomic mass is 35.5. The quantitative estimate of drug-likeness (QED) is 0.512. The summed E-state index contributed by atoms with van der Waals surface area (Å²) in [6.07, 6.45) is 0.821. The number of carbonyl (C=O) groups is 1. The van der Waals surface area contributed by atoms with Crippen LogP contribution in [0.15, 0.2) is 24.3 Å². The standard InChI is InChI=1S/C19H22ClN3O3S2/c1-22(2)10-5-11-23(18(24)14-8-9-15(20)27-14)19-21-16-12(25-3)6-7-13(26-4)17(16)28-19/h6-9H,5,10-11H2,1-4H3. The molecule has 0 atom stereocenters. The van der Waals surface area contributed by atoms with Crippen molar-refractivity contribution in [1.82, 2.24) is 9.88 Å². The predicted molar refractivity (Wildman–Crippen MR) is 117 cm³/mol. The maximum atomic E-state index is 13.2. The number of fused-ring (bicyclic) bond motifs is 1. The molecule has 0 bridgehead atoms. The van der Waals surface area contributed by atoms with Crippen molar-refractivity contribution in [2.45, 2.75) is 6.42 Å². The molecule has 150 valence electrons. The summed E-state index contributed by atoms with van der Waals surface area (Å²) in [5.41, 5.74) is 0.691. The van der Waals surface area contributed by atoms with E-state index in [-0.39, 0.29) is 5.91 Å². The van der Waals surface area contributed by atoms with Crippen LogP contribution in [0.25, 0.3) is 10.2 Å². The molecule has 2 aromatic heterocycles. The minimum absolute atomic E-state index is 0.104. The highest BCUT2D eigenvalue weighted by Gasteiger charge is 2.24. The summed E-state index contributed by atoms with van der Waals surface area (Å²) in [6, 6.07) is 7.16. The average molecular weight is 440 g/mol. The molecule has 0 saturated carbocycles. The molecule has 0 fully saturated rings. The third-order valence-corrected chi connectivity index (χ3v) is 6.46. The number of amides is 1. The van der Waals surface area contributed by atoms with E-state index in [0.29, 0.717) is 37.9 Å². The van der Waals surface area contributed by atoms with Crippen LogP contribution in [0.2, 0.25) is 4.34 Å². The highest BCUT2D eigenvalue weighted by Crippen LogP contribution is 2.40. The van der Waals surface area contributed by atoms with E-state index < -0.39 is 0 Å². The number of methoxy groups -OCH3 is 2. The minimum atomic E-state index is -0.104. The molecule has 0 aliphatic heterocycles. The van der Waals surface area contributed by atoms with E-state index in [4.69, 9.17) is 26.1 Å². The van der Waals surface area contributed by atoms with Gasteiger partial charge in [-0.1, -0.05) is 22.9 Å². The number of rotatable bonds is 8. The molecule has 28 heavy (non-hydrogen) atoms. The molecule has 1 amide bonds. The monoisotopic (exact) mass is 439 g/mol. The van der Waals surface area contributed by atoms with E-state index in [0.717, 1.165) is 17.7 Å². The van der Waals surface area contributed by atoms with E-state index in [1.165, 1.54) is 22.7 Å². The summed E-state index contributed by atoms with van der Waals surface area (Å²) in [5, 5.41) is 0.617. The fourth-order valence-corrected chi connectivity index (χ4v) is 4.87. The van der Waals surface area contributed by atoms with Crippen molar-refractivity contribution in [2.24, 2.45) is 0 Å². The van der Waals surface area contributed by atoms with Crippen LogP contribution < -0.4 is 14.4 Å². The Morgan fingerprint density at radius 3 is 2.39 bits per heavy atom. The number of nitrogens with zero attached hydrogens (tertiary/aromatic N) is 3. The largest absolute Gasteiger partial charge is 0.495 e.